The van der Waals surface area contributed by atoms with Gasteiger partial charge in [0.05, 0.1) is 6.61 Å². The number of alkyl halides is 3. The second-order valence-electron chi connectivity index (χ2n) is 6.75. The molecule has 3 rings (SSSR count). The first-order valence-electron chi connectivity index (χ1n) is 10.1. The van der Waals surface area contributed by atoms with Crippen molar-refractivity contribution in [3.63, 3.8) is 0 Å². The number of rotatable bonds is 9. The Balaban J connectivity index is 1.95. The number of nitrogens with zero attached hydrogens (tertiary/aromatic N) is 3. The van der Waals surface area contributed by atoms with Gasteiger partial charge in [-0.25, -0.2) is 9.97 Å². The highest BCUT2D eigenvalue weighted by Gasteiger charge is 2.35. The molecular weight excluding hydrogens is 423 g/mol. The normalized spacial score (nSPS) is 11.4. The van der Waals surface area contributed by atoms with Gasteiger partial charge in [0, 0.05) is 29.4 Å². The fraction of sp³-hybridized carbons (Fsp3) is 0.304. The summed E-state index contributed by atoms with van der Waals surface area (Å²) in [4.78, 5) is 10.8. The Bertz CT molecular complexity index is 983. The van der Waals surface area contributed by atoms with Crippen LogP contribution < -0.4 is 9.64 Å². The predicted molar refractivity (Wildman–Crippen MR) is 117 cm³/mol. The summed E-state index contributed by atoms with van der Waals surface area (Å²) in [5, 5.41) is -0.127. The minimum absolute atomic E-state index is 0.127. The fourth-order valence-corrected chi connectivity index (χ4v) is 3.80. The Morgan fingerprint density at radius 3 is 2.48 bits per heavy atom. The number of anilines is 2. The standard InChI is InChI=1S/C23H24F3N3OS/c1-3-5-14-30-18-11-9-10-17(15-18)29(4-2)22-27-16-20(23(24,25)26)21(28-22)31-19-12-7-6-8-13-19/h6-13,15-16H,3-5,14H2,1-2H3. The van der Waals surface area contributed by atoms with Crippen molar-refractivity contribution in [2.75, 3.05) is 18.1 Å². The van der Waals surface area contributed by atoms with Crippen molar-refractivity contribution in [2.24, 2.45) is 0 Å². The molecule has 0 unspecified atom stereocenters. The fourth-order valence-electron chi connectivity index (χ4n) is 2.87. The van der Waals surface area contributed by atoms with Crippen LogP contribution in [0, 0.1) is 0 Å². The Morgan fingerprint density at radius 1 is 1.03 bits per heavy atom. The van der Waals surface area contributed by atoms with Gasteiger partial charge in [0.1, 0.15) is 16.3 Å². The Hall–Kier alpha value is -2.74. The first-order valence-corrected chi connectivity index (χ1v) is 10.9. The van der Waals surface area contributed by atoms with Gasteiger partial charge in [-0.15, -0.1) is 0 Å². The van der Waals surface area contributed by atoms with Crippen molar-refractivity contribution >= 4 is 23.4 Å². The van der Waals surface area contributed by atoms with E-state index in [2.05, 4.69) is 16.9 Å². The highest BCUT2D eigenvalue weighted by molar-refractivity contribution is 7.99. The van der Waals surface area contributed by atoms with Gasteiger partial charge >= 0.3 is 6.18 Å². The quantitative estimate of drug-likeness (QED) is 0.261. The van der Waals surface area contributed by atoms with Crippen molar-refractivity contribution in [3.05, 3.63) is 66.4 Å². The Kier molecular flexibility index (Phi) is 7.79. The van der Waals surface area contributed by atoms with Crippen molar-refractivity contribution in [2.45, 2.75) is 42.8 Å². The summed E-state index contributed by atoms with van der Waals surface area (Å²) in [6, 6.07) is 16.3. The molecule has 0 aliphatic heterocycles. The third kappa shape index (κ3) is 6.13. The van der Waals surface area contributed by atoms with E-state index in [4.69, 9.17) is 4.74 Å². The zero-order valence-electron chi connectivity index (χ0n) is 17.4. The van der Waals surface area contributed by atoms with Crippen LogP contribution in [0.15, 0.2) is 70.7 Å². The third-order valence-electron chi connectivity index (χ3n) is 4.46. The molecule has 164 valence electrons. The number of halogens is 3. The molecule has 0 saturated carbocycles. The Morgan fingerprint density at radius 2 is 1.81 bits per heavy atom. The maximum atomic E-state index is 13.6. The van der Waals surface area contributed by atoms with Gasteiger partial charge in [-0.05, 0) is 37.6 Å². The van der Waals surface area contributed by atoms with E-state index in [1.165, 1.54) is 0 Å². The van der Waals surface area contributed by atoms with Crippen molar-refractivity contribution in [3.8, 4) is 5.75 Å². The number of aromatic nitrogens is 2. The molecule has 2 aromatic carbocycles. The molecule has 1 heterocycles. The van der Waals surface area contributed by atoms with Crippen LogP contribution in [0.1, 0.15) is 32.3 Å². The van der Waals surface area contributed by atoms with E-state index in [1.807, 2.05) is 37.3 Å². The van der Waals surface area contributed by atoms with Crippen LogP contribution in [-0.2, 0) is 6.18 Å². The Labute approximate surface area is 184 Å². The van der Waals surface area contributed by atoms with Crippen LogP contribution >= 0.6 is 11.8 Å². The van der Waals surface area contributed by atoms with Gasteiger partial charge in [-0.2, -0.15) is 13.2 Å². The summed E-state index contributed by atoms with van der Waals surface area (Å²) in [6.07, 6.45) is -1.70. The number of ether oxygens (including phenoxy) is 1. The third-order valence-corrected chi connectivity index (χ3v) is 5.47. The predicted octanol–water partition coefficient (Wildman–Crippen LogP) is 6.98. The smallest absolute Gasteiger partial charge is 0.420 e. The van der Waals surface area contributed by atoms with Crippen molar-refractivity contribution in [1.29, 1.82) is 0 Å². The van der Waals surface area contributed by atoms with Crippen LogP contribution in [-0.4, -0.2) is 23.1 Å². The largest absolute Gasteiger partial charge is 0.494 e. The highest BCUT2D eigenvalue weighted by Crippen LogP contribution is 2.39. The van der Waals surface area contributed by atoms with Crippen LogP contribution in [0.3, 0.4) is 0 Å². The van der Waals surface area contributed by atoms with Gasteiger partial charge in [-0.1, -0.05) is 49.4 Å². The zero-order chi connectivity index (χ0) is 22.3. The molecule has 4 nitrogen and oxygen atoms in total. The van der Waals surface area contributed by atoms with Crippen molar-refractivity contribution < 1.29 is 17.9 Å². The molecule has 0 radical (unpaired) electrons. The van der Waals surface area contributed by atoms with E-state index in [-0.39, 0.29) is 11.0 Å². The second-order valence-corrected chi connectivity index (χ2v) is 7.81. The molecule has 0 amide bonds. The minimum Gasteiger partial charge on any atom is -0.494 e. The SMILES string of the molecule is CCCCOc1cccc(N(CC)c2ncc(C(F)(F)F)c(Sc3ccccc3)n2)c1. The minimum atomic E-state index is -4.54. The molecule has 1 aromatic heterocycles. The van der Waals surface area contributed by atoms with Crippen LogP contribution in [0.4, 0.5) is 24.8 Å². The molecule has 0 atom stereocenters. The van der Waals surface area contributed by atoms with Gasteiger partial charge in [0.25, 0.3) is 0 Å². The van der Waals surface area contributed by atoms with Gasteiger partial charge < -0.3 is 9.64 Å². The lowest BCUT2D eigenvalue weighted by atomic mass is 10.2. The summed E-state index contributed by atoms with van der Waals surface area (Å²) in [5.74, 6) is 0.912. The lowest BCUT2D eigenvalue weighted by Gasteiger charge is -2.23. The van der Waals surface area contributed by atoms with E-state index in [0.29, 0.717) is 23.8 Å². The van der Waals surface area contributed by atoms with Crippen LogP contribution in [0.2, 0.25) is 0 Å². The summed E-state index contributed by atoms with van der Waals surface area (Å²) in [6.45, 7) is 5.08. The molecule has 0 saturated heterocycles. The molecule has 3 aromatic rings. The number of unbranched alkanes of at least 4 members (excludes halogenated alkanes) is 1. The van der Waals surface area contributed by atoms with E-state index >= 15 is 0 Å². The van der Waals surface area contributed by atoms with Gasteiger partial charge in [-0.3, -0.25) is 0 Å². The van der Waals surface area contributed by atoms with E-state index in [1.54, 1.807) is 29.2 Å². The van der Waals surface area contributed by atoms with E-state index < -0.39 is 11.7 Å². The zero-order valence-corrected chi connectivity index (χ0v) is 18.2. The van der Waals surface area contributed by atoms with Crippen LogP contribution in [0.5, 0.6) is 5.75 Å². The topological polar surface area (TPSA) is 38.2 Å². The molecule has 8 heteroatoms. The van der Waals surface area contributed by atoms with Gasteiger partial charge in [0.2, 0.25) is 5.95 Å². The first-order chi connectivity index (χ1) is 14.9. The molecule has 0 N–H and O–H groups in total. The van der Waals surface area contributed by atoms with Gasteiger partial charge in [0.15, 0.2) is 0 Å². The number of benzene rings is 2. The average molecular weight is 448 g/mol. The van der Waals surface area contributed by atoms with Crippen LogP contribution in [0.25, 0.3) is 0 Å². The van der Waals surface area contributed by atoms with E-state index in [0.717, 1.165) is 36.5 Å². The van der Waals surface area contributed by atoms with Crippen molar-refractivity contribution in [1.82, 2.24) is 9.97 Å². The molecular formula is C23H24F3N3OS. The van der Waals surface area contributed by atoms with E-state index in [9.17, 15) is 13.2 Å². The average Bonchev–Trinajstić information content (AvgIpc) is 2.75. The lowest BCUT2D eigenvalue weighted by molar-refractivity contribution is -0.140. The monoisotopic (exact) mass is 447 g/mol. The maximum Gasteiger partial charge on any atom is 0.420 e. The second kappa shape index (κ2) is 10.5. The molecule has 0 aliphatic rings. The summed E-state index contributed by atoms with van der Waals surface area (Å²) >= 11 is 0.973. The molecule has 0 fully saturated rings. The lowest BCUT2D eigenvalue weighted by Crippen LogP contribution is -2.20. The number of hydrogen-bond acceptors (Lipinski definition) is 5. The highest BCUT2D eigenvalue weighted by atomic mass is 32.2. The molecule has 0 spiro atoms. The summed E-state index contributed by atoms with van der Waals surface area (Å²) in [7, 11) is 0. The molecule has 0 bridgehead atoms. The first kappa shape index (κ1) is 22.9. The summed E-state index contributed by atoms with van der Waals surface area (Å²) in [5.41, 5.74) is -0.0928. The maximum absolute atomic E-state index is 13.6. The molecule has 31 heavy (non-hydrogen) atoms. The number of hydrogen-bond donors (Lipinski definition) is 0. The molecule has 0 aliphatic carbocycles. The summed E-state index contributed by atoms with van der Waals surface area (Å²) < 4.78 is 46.5.